The highest BCUT2D eigenvalue weighted by atomic mass is 16.7. The van der Waals surface area contributed by atoms with Crippen molar-refractivity contribution in [2.24, 2.45) is 0 Å². The van der Waals surface area contributed by atoms with E-state index in [1.807, 2.05) is 25.1 Å². The van der Waals surface area contributed by atoms with Gasteiger partial charge in [0.25, 0.3) is 0 Å². The van der Waals surface area contributed by atoms with Gasteiger partial charge in [-0.2, -0.15) is 0 Å². The fraction of sp³-hybridized carbons (Fsp3) is 0.526. The van der Waals surface area contributed by atoms with Crippen LogP contribution in [-0.4, -0.2) is 31.6 Å². The van der Waals surface area contributed by atoms with Crippen LogP contribution >= 0.6 is 0 Å². The van der Waals surface area contributed by atoms with Crippen molar-refractivity contribution in [3.8, 4) is 0 Å². The molecule has 1 aliphatic carbocycles. The molecule has 0 bridgehead atoms. The molecule has 1 fully saturated rings. The number of hydrogen-bond donors (Lipinski definition) is 1. The van der Waals surface area contributed by atoms with Gasteiger partial charge >= 0.3 is 5.97 Å². The quantitative estimate of drug-likeness (QED) is 0.840. The molecule has 2 aliphatic rings. The summed E-state index contributed by atoms with van der Waals surface area (Å²) in [7, 11) is 0. The third-order valence-electron chi connectivity index (χ3n) is 4.59. The van der Waals surface area contributed by atoms with Crippen molar-refractivity contribution < 1.29 is 19.0 Å². The summed E-state index contributed by atoms with van der Waals surface area (Å²) in [4.78, 5) is 12.3. The Morgan fingerprint density at radius 2 is 2.00 bits per heavy atom. The zero-order valence-corrected chi connectivity index (χ0v) is 14.3. The Balaban J connectivity index is 1.83. The summed E-state index contributed by atoms with van der Waals surface area (Å²) >= 11 is 0. The maximum absolute atomic E-state index is 12.3. The highest BCUT2D eigenvalue weighted by Gasteiger charge is 2.42. The number of benzene rings is 1. The highest BCUT2D eigenvalue weighted by Crippen LogP contribution is 2.39. The van der Waals surface area contributed by atoms with Gasteiger partial charge in [0, 0.05) is 24.6 Å². The normalized spacial score (nSPS) is 20.9. The fourth-order valence-corrected chi connectivity index (χ4v) is 3.34. The van der Waals surface area contributed by atoms with Crippen LogP contribution in [0.4, 0.5) is 0 Å². The van der Waals surface area contributed by atoms with Crippen LogP contribution in [0, 0.1) is 0 Å². The van der Waals surface area contributed by atoms with E-state index in [0.717, 1.165) is 5.70 Å². The third-order valence-corrected chi connectivity index (χ3v) is 4.59. The van der Waals surface area contributed by atoms with Gasteiger partial charge in [-0.3, -0.25) is 0 Å². The minimum absolute atomic E-state index is 0.0854. The summed E-state index contributed by atoms with van der Waals surface area (Å²) in [5.41, 5.74) is 2.75. The van der Waals surface area contributed by atoms with Crippen LogP contribution in [0.3, 0.4) is 0 Å². The molecule has 24 heavy (non-hydrogen) atoms. The molecule has 1 spiro atoms. The van der Waals surface area contributed by atoms with Gasteiger partial charge in [0.15, 0.2) is 5.79 Å². The first-order chi connectivity index (χ1) is 11.6. The molecule has 1 heterocycles. The molecule has 130 valence electrons. The molecule has 0 aromatic heterocycles. The lowest BCUT2D eigenvalue weighted by atomic mass is 9.90. The van der Waals surface area contributed by atoms with E-state index < -0.39 is 5.79 Å². The lowest BCUT2D eigenvalue weighted by molar-refractivity contribution is -0.166. The molecule has 0 amide bonds. The lowest BCUT2D eigenvalue weighted by Crippen LogP contribution is -2.39. The summed E-state index contributed by atoms with van der Waals surface area (Å²) in [5, 5.41) is 3.49. The molecule has 1 aromatic rings. The molecule has 1 aliphatic heterocycles. The van der Waals surface area contributed by atoms with Crippen LogP contribution in [0.5, 0.6) is 0 Å². The summed E-state index contributed by atoms with van der Waals surface area (Å²) in [5.74, 6) is -0.831. The van der Waals surface area contributed by atoms with Gasteiger partial charge in [0.1, 0.15) is 0 Å². The summed E-state index contributed by atoms with van der Waals surface area (Å²) in [6, 6.07) is 10.3. The molecule has 3 rings (SSSR count). The molecule has 5 heteroatoms. The van der Waals surface area contributed by atoms with Gasteiger partial charge in [0.2, 0.25) is 0 Å². The minimum atomic E-state index is -0.589. The highest BCUT2D eigenvalue weighted by molar-refractivity contribution is 5.89. The van der Waals surface area contributed by atoms with Gasteiger partial charge in [-0.1, -0.05) is 30.3 Å². The van der Waals surface area contributed by atoms with Crippen LogP contribution in [0.2, 0.25) is 0 Å². The molecule has 1 aromatic carbocycles. The second-order valence-electron chi connectivity index (χ2n) is 6.24. The van der Waals surface area contributed by atoms with Crippen LogP contribution in [0.25, 0.3) is 0 Å². The van der Waals surface area contributed by atoms with E-state index in [2.05, 4.69) is 24.4 Å². The van der Waals surface area contributed by atoms with E-state index in [1.54, 1.807) is 0 Å². The predicted molar refractivity (Wildman–Crippen MR) is 90.1 cm³/mol. The Bertz CT molecular complexity index is 605. The van der Waals surface area contributed by atoms with E-state index in [1.165, 1.54) is 5.56 Å². The van der Waals surface area contributed by atoms with E-state index >= 15 is 0 Å². The van der Waals surface area contributed by atoms with Gasteiger partial charge in [-0.25, -0.2) is 4.79 Å². The Morgan fingerprint density at radius 1 is 1.29 bits per heavy atom. The maximum atomic E-state index is 12.3. The molecule has 1 unspecified atom stereocenters. The van der Waals surface area contributed by atoms with Crippen LogP contribution < -0.4 is 5.32 Å². The van der Waals surface area contributed by atoms with Gasteiger partial charge in [-0.15, -0.1) is 0 Å². The van der Waals surface area contributed by atoms with Crippen molar-refractivity contribution in [1.29, 1.82) is 0 Å². The van der Waals surface area contributed by atoms with E-state index in [-0.39, 0.29) is 12.0 Å². The van der Waals surface area contributed by atoms with Crippen molar-refractivity contribution in [3.63, 3.8) is 0 Å². The number of carbonyl (C=O) groups excluding carboxylic acids is 1. The molecular weight excluding hydrogens is 306 g/mol. The SMILES string of the molecule is CCOC(=O)C1=C(NC(C)c2ccccc2)CC2(CC1)OCCO2. The average molecular weight is 331 g/mol. The first kappa shape index (κ1) is 17.0. The third kappa shape index (κ3) is 3.62. The smallest absolute Gasteiger partial charge is 0.335 e. The Morgan fingerprint density at radius 3 is 2.67 bits per heavy atom. The monoisotopic (exact) mass is 331 g/mol. The molecule has 0 radical (unpaired) electrons. The molecule has 1 atom stereocenters. The standard InChI is InChI=1S/C19H25NO4/c1-3-22-18(21)16-9-10-19(23-11-12-24-19)13-17(16)20-14(2)15-7-5-4-6-8-15/h4-8,14,20H,3,9-13H2,1-2H3. The maximum Gasteiger partial charge on any atom is 0.335 e. The first-order valence-electron chi connectivity index (χ1n) is 8.62. The lowest BCUT2D eigenvalue weighted by Gasteiger charge is -2.35. The molecule has 0 saturated carbocycles. The summed E-state index contributed by atoms with van der Waals surface area (Å²) in [6.07, 6.45) is 1.84. The molecule has 1 saturated heterocycles. The Labute approximate surface area is 143 Å². The van der Waals surface area contributed by atoms with Crippen LogP contribution in [0.15, 0.2) is 41.6 Å². The number of esters is 1. The van der Waals surface area contributed by atoms with E-state index in [4.69, 9.17) is 14.2 Å². The minimum Gasteiger partial charge on any atom is -0.463 e. The van der Waals surface area contributed by atoms with Crippen molar-refractivity contribution in [2.45, 2.75) is 44.9 Å². The number of nitrogens with one attached hydrogen (secondary N) is 1. The molecule has 1 N–H and O–H groups in total. The zero-order valence-electron chi connectivity index (χ0n) is 14.3. The Hall–Kier alpha value is -1.85. The van der Waals surface area contributed by atoms with Crippen LogP contribution in [0.1, 0.15) is 44.7 Å². The predicted octanol–water partition coefficient (Wildman–Crippen LogP) is 3.08. The van der Waals surface area contributed by atoms with Gasteiger partial charge in [-0.05, 0) is 25.8 Å². The van der Waals surface area contributed by atoms with Gasteiger partial charge < -0.3 is 19.5 Å². The second-order valence-corrected chi connectivity index (χ2v) is 6.24. The molecular formula is C19H25NO4. The van der Waals surface area contributed by atoms with E-state index in [0.29, 0.717) is 44.7 Å². The number of carbonyl (C=O) groups is 1. The molecule has 5 nitrogen and oxygen atoms in total. The van der Waals surface area contributed by atoms with Gasteiger partial charge in [0.05, 0.1) is 25.4 Å². The second kappa shape index (κ2) is 7.36. The van der Waals surface area contributed by atoms with Crippen LogP contribution in [-0.2, 0) is 19.0 Å². The summed E-state index contributed by atoms with van der Waals surface area (Å²) < 4.78 is 16.9. The van der Waals surface area contributed by atoms with Crippen molar-refractivity contribution in [2.75, 3.05) is 19.8 Å². The number of ether oxygens (including phenoxy) is 3. The van der Waals surface area contributed by atoms with Crippen molar-refractivity contribution >= 4 is 5.97 Å². The van der Waals surface area contributed by atoms with Crippen molar-refractivity contribution in [1.82, 2.24) is 5.32 Å². The fourth-order valence-electron chi connectivity index (χ4n) is 3.34. The number of rotatable bonds is 5. The van der Waals surface area contributed by atoms with Crippen molar-refractivity contribution in [3.05, 3.63) is 47.2 Å². The first-order valence-corrected chi connectivity index (χ1v) is 8.62. The largest absolute Gasteiger partial charge is 0.463 e. The zero-order chi connectivity index (χ0) is 17.0. The number of hydrogen-bond acceptors (Lipinski definition) is 5. The topological polar surface area (TPSA) is 56.8 Å². The van der Waals surface area contributed by atoms with E-state index in [9.17, 15) is 4.79 Å². The average Bonchev–Trinajstić information content (AvgIpc) is 3.04. The summed E-state index contributed by atoms with van der Waals surface area (Å²) in [6.45, 7) is 5.50. The Kier molecular flexibility index (Phi) is 5.21.